The molecule has 8 aromatic carbocycles. The molecule has 3 aromatic heterocycles. The molecule has 5 heteroatoms. The Kier molecular flexibility index (Phi) is 6.29. The highest BCUT2D eigenvalue weighted by Gasteiger charge is 2.21. The zero-order valence-corrected chi connectivity index (χ0v) is 30.5. The van der Waals surface area contributed by atoms with E-state index in [1.165, 1.54) is 12.1 Å². The Morgan fingerprint density at radius 1 is 0.411 bits per heavy atom. The molecule has 3 heterocycles. The SMILES string of the molecule is [2H]c1cc([2H])c2c(c1[2H])c1c([2H])c([2H])cc([2H])c1n2-c1cc(-c2nc(-c3ccccc3)nc(-c3cccc(-c4ccccc4)c3)n2)ccc1-c1cccc2c1sc1ccccc12. The molecule has 4 nitrogen and oxygen atoms in total. The smallest absolute Gasteiger partial charge is 0.164 e. The van der Waals surface area contributed by atoms with Gasteiger partial charge in [-0.3, -0.25) is 0 Å². The molecule has 0 N–H and O–H groups in total. The van der Waals surface area contributed by atoms with Crippen LogP contribution in [-0.4, -0.2) is 19.5 Å². The van der Waals surface area contributed by atoms with E-state index in [1.807, 2.05) is 97.1 Å². The number of para-hydroxylation sites is 2. The van der Waals surface area contributed by atoms with Crippen molar-refractivity contribution in [2.24, 2.45) is 0 Å². The van der Waals surface area contributed by atoms with Crippen molar-refractivity contribution in [2.75, 3.05) is 0 Å². The largest absolute Gasteiger partial charge is 0.309 e. The van der Waals surface area contributed by atoms with E-state index < -0.39 is 0 Å². The first-order chi connectivity index (χ1) is 30.2. The van der Waals surface area contributed by atoms with E-state index in [-0.39, 0.29) is 58.1 Å². The van der Waals surface area contributed by atoms with Gasteiger partial charge in [-0.25, -0.2) is 15.0 Å². The van der Waals surface area contributed by atoms with Gasteiger partial charge in [-0.1, -0.05) is 164 Å². The maximum absolute atomic E-state index is 9.32. The summed E-state index contributed by atoms with van der Waals surface area (Å²) in [6.45, 7) is 0. The van der Waals surface area contributed by atoms with Gasteiger partial charge in [0.1, 0.15) is 0 Å². The van der Waals surface area contributed by atoms with E-state index in [0.29, 0.717) is 28.7 Å². The minimum absolute atomic E-state index is 0.0361. The van der Waals surface area contributed by atoms with Gasteiger partial charge in [-0.2, -0.15) is 0 Å². The topological polar surface area (TPSA) is 43.6 Å². The summed E-state index contributed by atoms with van der Waals surface area (Å²) in [6, 6.07) is 50.4. The van der Waals surface area contributed by atoms with Crippen LogP contribution in [0.1, 0.15) is 8.22 Å². The average molecular weight is 739 g/mol. The third-order valence-electron chi connectivity index (χ3n) is 10.2. The molecule has 0 aliphatic rings. The number of rotatable bonds is 6. The molecule has 0 fully saturated rings. The van der Waals surface area contributed by atoms with Crippen molar-refractivity contribution in [3.05, 3.63) is 194 Å². The molecule has 0 saturated heterocycles. The zero-order chi connectivity index (χ0) is 42.2. The van der Waals surface area contributed by atoms with Crippen LogP contribution in [0.25, 0.3) is 104 Å². The number of fused-ring (bicyclic) bond motifs is 6. The first kappa shape index (κ1) is 26.5. The highest BCUT2D eigenvalue weighted by atomic mass is 32.1. The first-order valence-corrected chi connectivity index (χ1v) is 19.1. The van der Waals surface area contributed by atoms with Gasteiger partial charge < -0.3 is 4.57 Å². The van der Waals surface area contributed by atoms with Gasteiger partial charge in [0.25, 0.3) is 0 Å². The van der Waals surface area contributed by atoms with Gasteiger partial charge in [0.2, 0.25) is 0 Å². The molecule has 0 aliphatic heterocycles. The predicted molar refractivity (Wildman–Crippen MR) is 234 cm³/mol. The Morgan fingerprint density at radius 2 is 0.982 bits per heavy atom. The number of aromatic nitrogens is 4. The second-order valence-electron chi connectivity index (χ2n) is 13.5. The lowest BCUT2D eigenvalue weighted by Gasteiger charge is -2.17. The van der Waals surface area contributed by atoms with Crippen LogP contribution in [-0.2, 0) is 0 Å². The van der Waals surface area contributed by atoms with Crippen LogP contribution in [0.15, 0.2) is 194 Å². The fourth-order valence-corrected chi connectivity index (χ4v) is 8.85. The molecule has 11 rings (SSSR count). The number of hydrogen-bond acceptors (Lipinski definition) is 4. The summed E-state index contributed by atoms with van der Waals surface area (Å²) in [5, 5.41) is 2.61. The highest BCUT2D eigenvalue weighted by molar-refractivity contribution is 7.26. The molecular formula is C51H32N4S. The lowest BCUT2D eigenvalue weighted by atomic mass is 9.98. The maximum Gasteiger partial charge on any atom is 0.164 e. The van der Waals surface area contributed by atoms with Crippen LogP contribution >= 0.6 is 11.3 Å². The molecule has 0 aliphatic carbocycles. The summed E-state index contributed by atoms with van der Waals surface area (Å²) >= 11 is 1.68. The average Bonchev–Trinajstić information content (AvgIpc) is 3.88. The van der Waals surface area contributed by atoms with Gasteiger partial charge in [0.05, 0.1) is 24.9 Å². The first-order valence-electron chi connectivity index (χ1n) is 21.3. The predicted octanol–water partition coefficient (Wildman–Crippen LogP) is 13.7. The quantitative estimate of drug-likeness (QED) is 0.171. The van der Waals surface area contributed by atoms with Gasteiger partial charge in [0.15, 0.2) is 17.5 Å². The minimum atomic E-state index is -0.172. The zero-order valence-electron chi connectivity index (χ0n) is 35.7. The van der Waals surface area contributed by atoms with Crippen LogP contribution < -0.4 is 0 Å². The summed E-state index contributed by atoms with van der Waals surface area (Å²) in [5.74, 6) is 1.36. The summed E-state index contributed by atoms with van der Waals surface area (Å²) in [7, 11) is 0. The second kappa shape index (κ2) is 13.3. The second-order valence-corrected chi connectivity index (χ2v) is 14.6. The fraction of sp³-hybridized carbons (Fsp3) is 0. The third-order valence-corrected chi connectivity index (χ3v) is 11.4. The van der Waals surface area contributed by atoms with E-state index in [2.05, 4.69) is 48.5 Å². The molecule has 0 unspecified atom stereocenters. The van der Waals surface area contributed by atoms with Crippen molar-refractivity contribution >= 4 is 53.3 Å². The van der Waals surface area contributed by atoms with E-state index in [0.717, 1.165) is 53.6 Å². The number of hydrogen-bond donors (Lipinski definition) is 0. The third kappa shape index (κ3) is 5.40. The van der Waals surface area contributed by atoms with Crippen LogP contribution in [0.3, 0.4) is 0 Å². The fourth-order valence-electron chi connectivity index (χ4n) is 7.62. The minimum Gasteiger partial charge on any atom is -0.309 e. The maximum atomic E-state index is 9.32. The Morgan fingerprint density at radius 3 is 1.71 bits per heavy atom. The van der Waals surface area contributed by atoms with Gasteiger partial charge >= 0.3 is 0 Å². The van der Waals surface area contributed by atoms with Crippen molar-refractivity contribution < 1.29 is 8.22 Å². The molecule has 0 amide bonds. The van der Waals surface area contributed by atoms with E-state index in [4.69, 9.17) is 20.4 Å². The molecule has 11 aromatic rings. The normalized spacial score (nSPS) is 13.1. The molecule has 262 valence electrons. The lowest BCUT2D eigenvalue weighted by molar-refractivity contribution is 1.07. The van der Waals surface area contributed by atoms with Crippen LogP contribution in [0.5, 0.6) is 0 Å². The molecule has 0 atom stereocenters. The van der Waals surface area contributed by atoms with Gasteiger partial charge in [-0.05, 0) is 41.4 Å². The molecule has 0 spiro atoms. The van der Waals surface area contributed by atoms with E-state index in [9.17, 15) is 2.74 Å². The Bertz CT molecular complexity index is 3530. The molecule has 0 bridgehead atoms. The monoisotopic (exact) mass is 738 g/mol. The molecule has 0 radical (unpaired) electrons. The Labute approximate surface area is 336 Å². The van der Waals surface area contributed by atoms with Crippen LogP contribution in [0, 0.1) is 0 Å². The number of thiophene rings is 1. The number of benzene rings is 8. The summed E-state index contributed by atoms with van der Waals surface area (Å²) in [4.78, 5) is 15.2. The van der Waals surface area contributed by atoms with Crippen molar-refractivity contribution in [1.82, 2.24) is 19.5 Å². The van der Waals surface area contributed by atoms with Gasteiger partial charge in [-0.15, -0.1) is 11.3 Å². The van der Waals surface area contributed by atoms with Crippen molar-refractivity contribution in [1.29, 1.82) is 0 Å². The van der Waals surface area contributed by atoms with Gasteiger partial charge in [0, 0.05) is 58.8 Å². The Balaban J connectivity index is 1.23. The lowest BCUT2D eigenvalue weighted by Crippen LogP contribution is -2.02. The Hall–Kier alpha value is -7.21. The highest BCUT2D eigenvalue weighted by Crippen LogP contribution is 2.44. The van der Waals surface area contributed by atoms with E-state index in [1.54, 1.807) is 15.9 Å². The number of nitrogens with zero attached hydrogens (tertiary/aromatic N) is 4. The standard InChI is InChI=1S/C51H32N4S/c1-3-15-33(16-4-1)35-19-13-20-36(31-35)50-52-49(34-17-5-2-6-18-34)53-51(54-50)37-29-30-40(42-24-14-25-43-41-23-9-12-28-47(41)56-48(42)43)46(32-37)55-44-26-10-7-21-38(44)39-22-8-11-27-45(39)55/h1-32H/i7D,8D,21D,22D,26D,27D. The summed E-state index contributed by atoms with van der Waals surface area (Å²) in [5.41, 5.74) is 7.15. The summed E-state index contributed by atoms with van der Waals surface area (Å²) < 4.78 is 58.1. The van der Waals surface area contributed by atoms with Crippen LogP contribution in [0.2, 0.25) is 0 Å². The van der Waals surface area contributed by atoms with Crippen molar-refractivity contribution in [2.45, 2.75) is 0 Å². The molecule has 0 saturated carbocycles. The van der Waals surface area contributed by atoms with E-state index >= 15 is 0 Å². The van der Waals surface area contributed by atoms with Crippen LogP contribution in [0.4, 0.5) is 0 Å². The van der Waals surface area contributed by atoms with Crippen molar-refractivity contribution in [3.8, 4) is 62.1 Å². The molecular weight excluding hydrogens is 701 g/mol. The molecule has 56 heavy (non-hydrogen) atoms. The van der Waals surface area contributed by atoms with Crippen molar-refractivity contribution in [3.63, 3.8) is 0 Å². The summed E-state index contributed by atoms with van der Waals surface area (Å²) in [6.07, 6.45) is 0.